The van der Waals surface area contributed by atoms with Crippen LogP contribution < -0.4 is 5.32 Å². The van der Waals surface area contributed by atoms with Crippen LogP contribution in [0.15, 0.2) is 11.4 Å². The molecule has 0 aliphatic heterocycles. The molecular formula is C8H9NO3S2. The molecule has 0 aromatic carbocycles. The fraction of sp³-hybridized carbons (Fsp3) is 0.250. The van der Waals surface area contributed by atoms with Gasteiger partial charge in [0.25, 0.3) is 0 Å². The lowest BCUT2D eigenvalue weighted by molar-refractivity contribution is -0.113. The Kier molecular flexibility index (Phi) is 3.97. The smallest absolute Gasteiger partial charge is 0.340 e. The number of amides is 1. The molecule has 1 heterocycles. The third kappa shape index (κ3) is 2.49. The van der Waals surface area contributed by atoms with E-state index in [0.29, 0.717) is 10.6 Å². The van der Waals surface area contributed by atoms with Crippen molar-refractivity contribution in [3.63, 3.8) is 0 Å². The molecule has 1 rings (SSSR count). The third-order valence-electron chi connectivity index (χ3n) is 1.47. The third-order valence-corrected chi connectivity index (χ3v) is 2.58. The van der Waals surface area contributed by atoms with Gasteiger partial charge in [-0.05, 0) is 11.4 Å². The van der Waals surface area contributed by atoms with Crippen LogP contribution in [0.5, 0.6) is 0 Å². The van der Waals surface area contributed by atoms with Crippen LogP contribution in [0.25, 0.3) is 0 Å². The molecule has 0 spiro atoms. The largest absolute Gasteiger partial charge is 0.465 e. The SMILES string of the molecule is COC(=O)c1ccsc1NC(=O)CS. The highest BCUT2D eigenvalue weighted by Crippen LogP contribution is 2.23. The van der Waals surface area contributed by atoms with E-state index in [9.17, 15) is 9.59 Å². The Labute approximate surface area is 90.7 Å². The van der Waals surface area contributed by atoms with Crippen molar-refractivity contribution in [1.82, 2.24) is 0 Å². The number of hydrogen-bond donors (Lipinski definition) is 2. The summed E-state index contributed by atoms with van der Waals surface area (Å²) in [5, 5.41) is 4.76. The van der Waals surface area contributed by atoms with Crippen LogP contribution in [0.3, 0.4) is 0 Å². The maximum atomic E-state index is 11.2. The van der Waals surface area contributed by atoms with E-state index in [1.54, 1.807) is 11.4 Å². The molecule has 0 aliphatic carbocycles. The number of rotatable bonds is 3. The van der Waals surface area contributed by atoms with Gasteiger partial charge >= 0.3 is 5.97 Å². The first-order chi connectivity index (χ1) is 6.69. The van der Waals surface area contributed by atoms with Gasteiger partial charge in [0.1, 0.15) is 5.00 Å². The van der Waals surface area contributed by atoms with Gasteiger partial charge < -0.3 is 10.1 Å². The lowest BCUT2D eigenvalue weighted by atomic mass is 10.3. The number of anilines is 1. The van der Waals surface area contributed by atoms with Crippen LogP contribution in [-0.2, 0) is 9.53 Å². The lowest BCUT2D eigenvalue weighted by Gasteiger charge is -2.02. The Morgan fingerprint density at radius 1 is 1.64 bits per heavy atom. The molecule has 0 saturated heterocycles. The maximum Gasteiger partial charge on any atom is 0.340 e. The van der Waals surface area contributed by atoms with Gasteiger partial charge in [0.15, 0.2) is 0 Å². The first-order valence-corrected chi connectivity index (χ1v) is 5.26. The summed E-state index contributed by atoms with van der Waals surface area (Å²) in [5.41, 5.74) is 0.368. The number of methoxy groups -OCH3 is 1. The zero-order valence-corrected chi connectivity index (χ0v) is 9.15. The average Bonchev–Trinajstić information content (AvgIpc) is 2.64. The van der Waals surface area contributed by atoms with Crippen LogP contribution in [0, 0.1) is 0 Å². The van der Waals surface area contributed by atoms with E-state index in [4.69, 9.17) is 0 Å². The number of ether oxygens (including phenoxy) is 1. The Balaban J connectivity index is 2.82. The second kappa shape index (κ2) is 5.02. The quantitative estimate of drug-likeness (QED) is 0.611. The van der Waals surface area contributed by atoms with Gasteiger partial charge in [-0.15, -0.1) is 11.3 Å². The topological polar surface area (TPSA) is 55.4 Å². The Morgan fingerprint density at radius 2 is 2.36 bits per heavy atom. The van der Waals surface area contributed by atoms with Gasteiger partial charge in [-0.2, -0.15) is 12.6 Å². The van der Waals surface area contributed by atoms with Gasteiger partial charge in [-0.3, -0.25) is 4.79 Å². The summed E-state index contributed by atoms with van der Waals surface area (Å²) in [5.74, 6) is -0.625. The molecule has 4 nitrogen and oxygen atoms in total. The highest BCUT2D eigenvalue weighted by Gasteiger charge is 2.14. The van der Waals surface area contributed by atoms with E-state index in [1.165, 1.54) is 18.4 Å². The molecule has 14 heavy (non-hydrogen) atoms. The number of esters is 1. The highest BCUT2D eigenvalue weighted by molar-refractivity contribution is 7.81. The molecule has 76 valence electrons. The van der Waals surface area contributed by atoms with E-state index in [-0.39, 0.29) is 11.7 Å². The number of thiophene rings is 1. The minimum absolute atomic E-state index is 0.0819. The summed E-state index contributed by atoms with van der Waals surface area (Å²) in [6.45, 7) is 0. The maximum absolute atomic E-state index is 11.2. The molecule has 1 aromatic rings. The van der Waals surface area contributed by atoms with Crippen LogP contribution in [0.4, 0.5) is 5.00 Å². The van der Waals surface area contributed by atoms with E-state index < -0.39 is 5.97 Å². The van der Waals surface area contributed by atoms with E-state index in [0.717, 1.165) is 0 Å². The molecule has 0 saturated carbocycles. The number of thiol groups is 1. The number of carbonyl (C=O) groups excluding carboxylic acids is 2. The van der Waals surface area contributed by atoms with Crippen molar-refractivity contribution >= 4 is 40.8 Å². The Bertz CT molecular complexity index is 348. The Morgan fingerprint density at radius 3 is 2.93 bits per heavy atom. The predicted molar refractivity (Wildman–Crippen MR) is 58.1 cm³/mol. The summed E-state index contributed by atoms with van der Waals surface area (Å²) in [6.07, 6.45) is 0. The van der Waals surface area contributed by atoms with E-state index in [2.05, 4.69) is 22.7 Å². The first kappa shape index (κ1) is 11.1. The zero-order valence-electron chi connectivity index (χ0n) is 7.44. The molecule has 1 amide bonds. The van der Waals surface area contributed by atoms with E-state index >= 15 is 0 Å². The van der Waals surface area contributed by atoms with Crippen molar-refractivity contribution in [1.29, 1.82) is 0 Å². The molecule has 0 aliphatic rings. The summed E-state index contributed by atoms with van der Waals surface area (Å²) >= 11 is 5.08. The molecule has 1 N–H and O–H groups in total. The minimum Gasteiger partial charge on any atom is -0.465 e. The summed E-state index contributed by atoms with van der Waals surface area (Å²) in [4.78, 5) is 22.2. The fourth-order valence-electron chi connectivity index (χ4n) is 0.843. The minimum atomic E-state index is -0.458. The molecule has 6 heteroatoms. The van der Waals surface area contributed by atoms with Gasteiger partial charge in [-0.25, -0.2) is 4.79 Å². The highest BCUT2D eigenvalue weighted by atomic mass is 32.1. The summed E-state index contributed by atoms with van der Waals surface area (Å²) in [6, 6.07) is 1.60. The monoisotopic (exact) mass is 231 g/mol. The summed E-state index contributed by atoms with van der Waals surface area (Å²) < 4.78 is 4.55. The number of carbonyl (C=O) groups is 2. The van der Waals surface area contributed by atoms with Crippen LogP contribution >= 0.6 is 24.0 Å². The normalized spacial score (nSPS) is 9.57. The zero-order chi connectivity index (χ0) is 10.6. The fourth-order valence-corrected chi connectivity index (χ4v) is 1.71. The summed E-state index contributed by atoms with van der Waals surface area (Å²) in [7, 11) is 1.30. The van der Waals surface area contributed by atoms with E-state index in [1.807, 2.05) is 0 Å². The van der Waals surface area contributed by atoms with Crippen LogP contribution in [0.1, 0.15) is 10.4 Å². The molecule has 1 aromatic heterocycles. The molecule has 0 bridgehead atoms. The number of hydrogen-bond acceptors (Lipinski definition) is 5. The second-order valence-corrected chi connectivity index (χ2v) is 3.59. The van der Waals surface area contributed by atoms with Gasteiger partial charge in [0, 0.05) is 0 Å². The van der Waals surface area contributed by atoms with Crippen LogP contribution in [-0.4, -0.2) is 24.7 Å². The van der Waals surface area contributed by atoms with Crippen molar-refractivity contribution in [2.45, 2.75) is 0 Å². The molecule has 0 unspecified atom stereocenters. The first-order valence-electron chi connectivity index (χ1n) is 3.75. The molecule has 0 atom stereocenters. The second-order valence-electron chi connectivity index (χ2n) is 2.36. The van der Waals surface area contributed by atoms with Gasteiger partial charge in [0.05, 0.1) is 18.4 Å². The van der Waals surface area contributed by atoms with Crippen molar-refractivity contribution in [3.8, 4) is 0 Å². The van der Waals surface area contributed by atoms with Gasteiger partial charge in [0.2, 0.25) is 5.91 Å². The lowest BCUT2D eigenvalue weighted by Crippen LogP contribution is -2.14. The van der Waals surface area contributed by atoms with Crippen LogP contribution in [0.2, 0.25) is 0 Å². The standard InChI is InChI=1S/C8H9NO3S2/c1-12-8(11)5-2-3-14-7(5)9-6(10)4-13/h2-3,13H,4H2,1H3,(H,9,10). The Hall–Kier alpha value is -1.01. The van der Waals surface area contributed by atoms with Crippen molar-refractivity contribution in [3.05, 3.63) is 17.0 Å². The number of nitrogens with one attached hydrogen (secondary N) is 1. The molecule has 0 fully saturated rings. The van der Waals surface area contributed by atoms with Crippen molar-refractivity contribution in [2.24, 2.45) is 0 Å². The molecule has 0 radical (unpaired) electrons. The molecular weight excluding hydrogens is 222 g/mol. The van der Waals surface area contributed by atoms with Crippen molar-refractivity contribution in [2.75, 3.05) is 18.2 Å². The van der Waals surface area contributed by atoms with Crippen molar-refractivity contribution < 1.29 is 14.3 Å². The average molecular weight is 231 g/mol. The van der Waals surface area contributed by atoms with Gasteiger partial charge in [-0.1, -0.05) is 0 Å². The predicted octanol–water partition coefficient (Wildman–Crippen LogP) is 1.40.